The summed E-state index contributed by atoms with van der Waals surface area (Å²) in [4.78, 5) is 13.9. The largest absolute Gasteiger partial charge is 0.307 e. The molecule has 1 aromatic carbocycles. The molecule has 1 amide bonds. The average Bonchev–Trinajstić information content (AvgIpc) is 3.48. The van der Waals surface area contributed by atoms with Crippen LogP contribution in [0.1, 0.15) is 21.5 Å². The number of amides is 1. The number of fused-ring (bicyclic) bond motifs is 1. The molecule has 4 heterocycles. The third-order valence-electron chi connectivity index (χ3n) is 5.35. The Bertz CT molecular complexity index is 1430. The SMILES string of the molecule is Cc1ccc(C(=O)Nc2ccnn2C)cc1-c1ccn2c(-c3sccc3C)nnc2c1. The van der Waals surface area contributed by atoms with Gasteiger partial charge in [-0.2, -0.15) is 5.10 Å². The van der Waals surface area contributed by atoms with Crippen LogP contribution in [0.25, 0.3) is 27.5 Å². The summed E-state index contributed by atoms with van der Waals surface area (Å²) >= 11 is 1.66. The van der Waals surface area contributed by atoms with Crippen LogP contribution in [0.5, 0.6) is 0 Å². The van der Waals surface area contributed by atoms with E-state index in [9.17, 15) is 4.79 Å². The number of nitrogens with zero attached hydrogens (tertiary/aromatic N) is 5. The fraction of sp³-hybridized carbons (Fsp3) is 0.130. The summed E-state index contributed by atoms with van der Waals surface area (Å²) in [5.41, 5.74) is 5.59. The van der Waals surface area contributed by atoms with E-state index in [4.69, 9.17) is 0 Å². The monoisotopic (exact) mass is 428 g/mol. The van der Waals surface area contributed by atoms with Gasteiger partial charge in [0.2, 0.25) is 0 Å². The third-order valence-corrected chi connectivity index (χ3v) is 6.36. The van der Waals surface area contributed by atoms with Gasteiger partial charge in [0.25, 0.3) is 5.91 Å². The molecule has 0 bridgehead atoms. The summed E-state index contributed by atoms with van der Waals surface area (Å²) in [6.45, 7) is 4.11. The number of hydrogen-bond donors (Lipinski definition) is 1. The van der Waals surface area contributed by atoms with E-state index < -0.39 is 0 Å². The van der Waals surface area contributed by atoms with E-state index in [0.29, 0.717) is 11.4 Å². The van der Waals surface area contributed by atoms with Crippen molar-refractivity contribution in [3.05, 3.63) is 76.9 Å². The predicted octanol–water partition coefficient (Wildman–Crippen LogP) is 4.73. The maximum Gasteiger partial charge on any atom is 0.256 e. The van der Waals surface area contributed by atoms with Crippen molar-refractivity contribution in [2.24, 2.45) is 7.05 Å². The third kappa shape index (κ3) is 3.40. The number of nitrogens with one attached hydrogen (secondary N) is 1. The zero-order valence-electron chi connectivity index (χ0n) is 17.3. The molecule has 0 fully saturated rings. The maximum absolute atomic E-state index is 12.8. The smallest absolute Gasteiger partial charge is 0.256 e. The first-order valence-electron chi connectivity index (χ1n) is 9.81. The second-order valence-corrected chi connectivity index (χ2v) is 8.34. The molecule has 5 rings (SSSR count). The fourth-order valence-electron chi connectivity index (χ4n) is 3.57. The van der Waals surface area contributed by atoms with Crippen molar-refractivity contribution in [3.63, 3.8) is 0 Å². The van der Waals surface area contributed by atoms with Crippen LogP contribution in [0.2, 0.25) is 0 Å². The lowest BCUT2D eigenvalue weighted by molar-refractivity contribution is 0.102. The van der Waals surface area contributed by atoms with Gasteiger partial charge in [-0.25, -0.2) is 0 Å². The van der Waals surface area contributed by atoms with E-state index >= 15 is 0 Å². The van der Waals surface area contributed by atoms with Crippen LogP contribution in [-0.2, 0) is 7.05 Å². The zero-order chi connectivity index (χ0) is 21.5. The van der Waals surface area contributed by atoms with Gasteiger partial charge in [0.05, 0.1) is 11.1 Å². The van der Waals surface area contributed by atoms with Gasteiger partial charge < -0.3 is 5.32 Å². The number of hydrogen-bond acceptors (Lipinski definition) is 5. The number of thiophene rings is 1. The molecule has 31 heavy (non-hydrogen) atoms. The molecule has 0 aliphatic rings. The highest BCUT2D eigenvalue weighted by molar-refractivity contribution is 7.13. The normalized spacial score (nSPS) is 11.2. The van der Waals surface area contributed by atoms with Crippen LogP contribution in [0.4, 0.5) is 5.82 Å². The van der Waals surface area contributed by atoms with Crippen LogP contribution in [0.15, 0.2) is 60.2 Å². The van der Waals surface area contributed by atoms with E-state index in [1.807, 2.05) is 47.9 Å². The summed E-state index contributed by atoms with van der Waals surface area (Å²) in [5.74, 6) is 1.31. The molecule has 4 aromatic heterocycles. The van der Waals surface area contributed by atoms with E-state index in [-0.39, 0.29) is 5.91 Å². The second-order valence-electron chi connectivity index (χ2n) is 7.42. The fourth-order valence-corrected chi connectivity index (χ4v) is 4.48. The molecular formula is C23H20N6OS. The minimum atomic E-state index is -0.177. The molecule has 0 atom stereocenters. The molecule has 0 unspecified atom stereocenters. The summed E-state index contributed by atoms with van der Waals surface area (Å²) in [7, 11) is 1.79. The van der Waals surface area contributed by atoms with Crippen LogP contribution < -0.4 is 5.32 Å². The Morgan fingerprint density at radius 1 is 1.03 bits per heavy atom. The van der Waals surface area contributed by atoms with Gasteiger partial charge in [-0.3, -0.25) is 13.9 Å². The molecule has 0 saturated carbocycles. The van der Waals surface area contributed by atoms with Gasteiger partial charge in [0.15, 0.2) is 11.5 Å². The lowest BCUT2D eigenvalue weighted by atomic mass is 9.98. The van der Waals surface area contributed by atoms with Crippen molar-refractivity contribution < 1.29 is 4.79 Å². The first kappa shape index (κ1) is 19.2. The highest BCUT2D eigenvalue weighted by Gasteiger charge is 2.15. The van der Waals surface area contributed by atoms with Crippen LogP contribution in [0, 0.1) is 13.8 Å². The molecule has 154 valence electrons. The van der Waals surface area contributed by atoms with Gasteiger partial charge in [-0.15, -0.1) is 21.5 Å². The van der Waals surface area contributed by atoms with E-state index in [1.165, 1.54) is 5.56 Å². The minimum absolute atomic E-state index is 0.177. The Kier molecular flexibility index (Phi) is 4.63. The quantitative estimate of drug-likeness (QED) is 0.449. The van der Waals surface area contributed by atoms with Crippen molar-refractivity contribution in [2.75, 3.05) is 5.32 Å². The number of anilines is 1. The lowest BCUT2D eigenvalue weighted by Gasteiger charge is -2.10. The summed E-state index contributed by atoms with van der Waals surface area (Å²) < 4.78 is 3.62. The molecule has 0 saturated heterocycles. The van der Waals surface area contributed by atoms with E-state index in [2.05, 4.69) is 39.0 Å². The number of aryl methyl sites for hydroxylation is 3. The molecule has 0 aliphatic heterocycles. The summed E-state index contributed by atoms with van der Waals surface area (Å²) in [6.07, 6.45) is 3.64. The lowest BCUT2D eigenvalue weighted by Crippen LogP contribution is -2.14. The summed E-state index contributed by atoms with van der Waals surface area (Å²) in [5, 5.41) is 17.8. The maximum atomic E-state index is 12.8. The molecule has 7 nitrogen and oxygen atoms in total. The number of pyridine rings is 1. The Hall–Kier alpha value is -3.78. The van der Waals surface area contributed by atoms with E-state index in [1.54, 1.807) is 35.3 Å². The van der Waals surface area contributed by atoms with E-state index in [0.717, 1.165) is 33.0 Å². The highest BCUT2D eigenvalue weighted by atomic mass is 32.1. The number of carbonyl (C=O) groups is 1. The van der Waals surface area contributed by atoms with Crippen molar-refractivity contribution in [2.45, 2.75) is 13.8 Å². The van der Waals surface area contributed by atoms with Gasteiger partial charge in [0.1, 0.15) is 5.82 Å². The molecular weight excluding hydrogens is 408 g/mol. The molecule has 0 radical (unpaired) electrons. The van der Waals surface area contributed by atoms with Crippen molar-refractivity contribution in [1.82, 2.24) is 24.4 Å². The Morgan fingerprint density at radius 2 is 1.90 bits per heavy atom. The van der Waals surface area contributed by atoms with Crippen molar-refractivity contribution in [3.8, 4) is 21.8 Å². The topological polar surface area (TPSA) is 77.1 Å². The van der Waals surface area contributed by atoms with Crippen LogP contribution in [0.3, 0.4) is 0 Å². The van der Waals surface area contributed by atoms with Gasteiger partial charge in [-0.05, 0) is 71.8 Å². The van der Waals surface area contributed by atoms with Gasteiger partial charge in [-0.1, -0.05) is 6.07 Å². The molecule has 5 aromatic rings. The second kappa shape index (κ2) is 7.48. The molecule has 0 aliphatic carbocycles. The van der Waals surface area contributed by atoms with Gasteiger partial charge >= 0.3 is 0 Å². The van der Waals surface area contributed by atoms with Gasteiger partial charge in [0, 0.05) is 24.9 Å². The van der Waals surface area contributed by atoms with Crippen molar-refractivity contribution in [1.29, 1.82) is 0 Å². The summed E-state index contributed by atoms with van der Waals surface area (Å²) in [6, 6.07) is 13.6. The predicted molar refractivity (Wildman–Crippen MR) is 122 cm³/mol. The average molecular weight is 429 g/mol. The number of rotatable bonds is 4. The first-order valence-corrected chi connectivity index (χ1v) is 10.7. The number of aromatic nitrogens is 5. The number of carbonyl (C=O) groups excluding carboxylic acids is 1. The highest BCUT2D eigenvalue weighted by Crippen LogP contribution is 2.30. The van der Waals surface area contributed by atoms with Crippen LogP contribution in [-0.4, -0.2) is 30.3 Å². The number of benzene rings is 1. The zero-order valence-corrected chi connectivity index (χ0v) is 18.1. The molecule has 1 N–H and O–H groups in total. The Balaban J connectivity index is 1.51. The van der Waals surface area contributed by atoms with Crippen molar-refractivity contribution >= 4 is 28.7 Å². The molecule has 8 heteroatoms. The first-order chi connectivity index (χ1) is 15.0. The Labute approximate surface area is 183 Å². The Morgan fingerprint density at radius 3 is 2.65 bits per heavy atom. The van der Waals surface area contributed by atoms with Crippen LogP contribution >= 0.6 is 11.3 Å². The minimum Gasteiger partial charge on any atom is -0.307 e. The molecule has 0 spiro atoms. The standard InChI is InChI=1S/C23H20N6OS/c1-14-4-5-17(23(30)25-19-6-9-24-28(19)3)12-18(14)16-7-10-29-20(13-16)26-27-22(29)21-15(2)8-11-31-21/h4-13H,1-3H3,(H,25,30).